The Morgan fingerprint density at radius 3 is 2.87 bits per heavy atom. The van der Waals surface area contributed by atoms with Crippen LogP contribution in [0.5, 0.6) is 0 Å². The number of nitrogens with one attached hydrogen (secondary N) is 1. The van der Waals surface area contributed by atoms with Gasteiger partial charge in [0.25, 0.3) is 0 Å². The fourth-order valence-corrected chi connectivity index (χ4v) is 2.24. The highest BCUT2D eigenvalue weighted by Gasteiger charge is 2.12. The monoisotopic (exact) mass is 204 g/mol. The summed E-state index contributed by atoms with van der Waals surface area (Å²) in [5.74, 6) is 0. The lowest BCUT2D eigenvalue weighted by molar-refractivity contribution is 0.372. The van der Waals surface area contributed by atoms with E-state index in [4.69, 9.17) is 0 Å². The zero-order chi connectivity index (χ0) is 10.5. The van der Waals surface area contributed by atoms with Crippen molar-refractivity contribution in [2.24, 2.45) is 0 Å². The lowest BCUT2D eigenvalue weighted by atomic mass is 9.95. The van der Waals surface area contributed by atoms with Crippen molar-refractivity contribution >= 4 is 0 Å². The highest BCUT2D eigenvalue weighted by atomic mass is 14.9. The smallest absolute Gasteiger partial charge is 0.0315 e. The summed E-state index contributed by atoms with van der Waals surface area (Å²) in [6.45, 7) is 3.13. The van der Waals surface area contributed by atoms with Crippen LogP contribution >= 0.6 is 0 Å². The third-order valence-electron chi connectivity index (χ3n) is 3.33. The van der Waals surface area contributed by atoms with Gasteiger partial charge in [-0.2, -0.15) is 0 Å². The highest BCUT2D eigenvalue weighted by molar-refractivity contribution is 5.21. The number of aryl methyl sites for hydroxylation is 1. The molecule has 1 fully saturated rings. The van der Waals surface area contributed by atoms with Gasteiger partial charge in [0.1, 0.15) is 0 Å². The Bertz CT molecular complexity index is 303. The normalized spacial score (nSPS) is 17.9. The van der Waals surface area contributed by atoms with Crippen LogP contribution in [-0.2, 0) is 6.54 Å². The van der Waals surface area contributed by atoms with E-state index in [-0.39, 0.29) is 0 Å². The van der Waals surface area contributed by atoms with Gasteiger partial charge in [-0.15, -0.1) is 0 Å². The molecule has 82 valence electrons. The third kappa shape index (κ3) is 3.03. The summed E-state index contributed by atoms with van der Waals surface area (Å²) >= 11 is 0. The fourth-order valence-electron chi connectivity index (χ4n) is 2.24. The molecule has 0 unspecified atom stereocenters. The van der Waals surface area contributed by atoms with E-state index in [0.29, 0.717) is 0 Å². The van der Waals surface area contributed by atoms with Crippen molar-refractivity contribution in [2.75, 3.05) is 0 Å². The first-order valence-electron chi connectivity index (χ1n) is 5.99. The molecule has 1 heterocycles. The number of hydrogen-bond acceptors (Lipinski definition) is 2. The molecule has 2 rings (SSSR count). The van der Waals surface area contributed by atoms with E-state index < -0.39 is 0 Å². The zero-order valence-electron chi connectivity index (χ0n) is 9.50. The van der Waals surface area contributed by atoms with Crippen LogP contribution in [0.15, 0.2) is 18.5 Å². The number of rotatable bonds is 3. The van der Waals surface area contributed by atoms with Gasteiger partial charge in [0.05, 0.1) is 0 Å². The molecule has 1 aromatic heterocycles. The summed E-state index contributed by atoms with van der Waals surface area (Å²) in [5, 5.41) is 3.64. The molecule has 0 aromatic carbocycles. The largest absolute Gasteiger partial charge is 0.310 e. The van der Waals surface area contributed by atoms with Crippen molar-refractivity contribution in [3.05, 3.63) is 29.6 Å². The zero-order valence-corrected chi connectivity index (χ0v) is 9.50. The van der Waals surface area contributed by atoms with E-state index in [2.05, 4.69) is 23.3 Å². The molecule has 1 aliphatic carbocycles. The van der Waals surface area contributed by atoms with Crippen molar-refractivity contribution in [2.45, 2.75) is 51.6 Å². The quantitative estimate of drug-likeness (QED) is 0.819. The van der Waals surface area contributed by atoms with Gasteiger partial charge in [0.2, 0.25) is 0 Å². The lowest BCUT2D eigenvalue weighted by Crippen LogP contribution is -2.30. The molecule has 0 amide bonds. The van der Waals surface area contributed by atoms with Crippen LogP contribution in [0, 0.1) is 6.92 Å². The van der Waals surface area contributed by atoms with E-state index in [9.17, 15) is 0 Å². The highest BCUT2D eigenvalue weighted by Crippen LogP contribution is 2.18. The summed E-state index contributed by atoms with van der Waals surface area (Å²) in [5.41, 5.74) is 2.68. The molecule has 2 nitrogen and oxygen atoms in total. The van der Waals surface area contributed by atoms with Crippen molar-refractivity contribution in [1.29, 1.82) is 0 Å². The molecule has 1 aliphatic rings. The maximum absolute atomic E-state index is 4.17. The Labute approximate surface area is 92.1 Å². The number of aromatic nitrogens is 1. The maximum Gasteiger partial charge on any atom is 0.0315 e. The van der Waals surface area contributed by atoms with E-state index >= 15 is 0 Å². The molecule has 0 bridgehead atoms. The number of hydrogen-bond donors (Lipinski definition) is 1. The first kappa shape index (κ1) is 10.6. The topological polar surface area (TPSA) is 24.9 Å². The fraction of sp³-hybridized carbons (Fsp3) is 0.615. The van der Waals surface area contributed by atoms with Crippen LogP contribution in [0.4, 0.5) is 0 Å². The number of nitrogens with zero attached hydrogens (tertiary/aromatic N) is 1. The molecule has 1 saturated carbocycles. The summed E-state index contributed by atoms with van der Waals surface area (Å²) < 4.78 is 0. The number of pyridine rings is 1. The van der Waals surface area contributed by atoms with Crippen LogP contribution in [-0.4, -0.2) is 11.0 Å². The predicted octanol–water partition coefficient (Wildman–Crippen LogP) is 2.81. The Hall–Kier alpha value is -0.890. The minimum Gasteiger partial charge on any atom is -0.310 e. The second-order valence-corrected chi connectivity index (χ2v) is 4.52. The van der Waals surface area contributed by atoms with Crippen molar-refractivity contribution in [1.82, 2.24) is 10.3 Å². The van der Waals surface area contributed by atoms with Gasteiger partial charge in [-0.05, 0) is 37.0 Å². The maximum atomic E-state index is 4.17. The van der Waals surface area contributed by atoms with Crippen molar-refractivity contribution < 1.29 is 0 Å². The van der Waals surface area contributed by atoms with Gasteiger partial charge in [0, 0.05) is 25.0 Å². The van der Waals surface area contributed by atoms with Gasteiger partial charge >= 0.3 is 0 Å². The SMILES string of the molecule is Cc1ccncc1CNC1CCCCC1. The molecular weight excluding hydrogens is 184 g/mol. The van der Waals surface area contributed by atoms with Crippen LogP contribution in [0.2, 0.25) is 0 Å². The molecule has 1 aromatic rings. The minimum atomic E-state index is 0.735. The van der Waals surface area contributed by atoms with Gasteiger partial charge in [-0.3, -0.25) is 4.98 Å². The molecule has 2 heteroatoms. The van der Waals surface area contributed by atoms with E-state index in [1.165, 1.54) is 43.2 Å². The molecule has 0 atom stereocenters. The summed E-state index contributed by atoms with van der Waals surface area (Å²) in [7, 11) is 0. The Morgan fingerprint density at radius 1 is 1.33 bits per heavy atom. The summed E-state index contributed by atoms with van der Waals surface area (Å²) in [4.78, 5) is 4.17. The minimum absolute atomic E-state index is 0.735. The van der Waals surface area contributed by atoms with Gasteiger partial charge in [-0.1, -0.05) is 19.3 Å². The average molecular weight is 204 g/mol. The van der Waals surface area contributed by atoms with E-state index in [1.807, 2.05) is 12.4 Å². The standard InChI is InChI=1S/C13H20N2/c1-11-7-8-14-9-12(11)10-15-13-5-3-2-4-6-13/h7-9,13,15H,2-6,10H2,1H3. The van der Waals surface area contributed by atoms with E-state index in [0.717, 1.165) is 12.6 Å². The van der Waals surface area contributed by atoms with Gasteiger partial charge < -0.3 is 5.32 Å². The van der Waals surface area contributed by atoms with Crippen LogP contribution in [0.25, 0.3) is 0 Å². The van der Waals surface area contributed by atoms with Crippen LogP contribution in [0.1, 0.15) is 43.2 Å². The molecule has 0 saturated heterocycles. The van der Waals surface area contributed by atoms with Gasteiger partial charge in [-0.25, -0.2) is 0 Å². The first-order valence-corrected chi connectivity index (χ1v) is 5.99. The van der Waals surface area contributed by atoms with E-state index in [1.54, 1.807) is 0 Å². The van der Waals surface area contributed by atoms with Crippen molar-refractivity contribution in [3.63, 3.8) is 0 Å². The summed E-state index contributed by atoms with van der Waals surface area (Å²) in [6.07, 6.45) is 10.7. The molecule has 15 heavy (non-hydrogen) atoms. The molecule has 0 aliphatic heterocycles. The molecular formula is C13H20N2. The second kappa shape index (κ2) is 5.26. The molecule has 1 N–H and O–H groups in total. The Morgan fingerprint density at radius 2 is 2.13 bits per heavy atom. The molecule has 0 radical (unpaired) electrons. The van der Waals surface area contributed by atoms with Gasteiger partial charge in [0.15, 0.2) is 0 Å². The summed E-state index contributed by atoms with van der Waals surface area (Å²) in [6, 6.07) is 2.82. The lowest BCUT2D eigenvalue weighted by Gasteiger charge is -2.23. The first-order chi connectivity index (χ1) is 7.36. The van der Waals surface area contributed by atoms with Crippen LogP contribution in [0.3, 0.4) is 0 Å². The third-order valence-corrected chi connectivity index (χ3v) is 3.33. The second-order valence-electron chi connectivity index (χ2n) is 4.52. The average Bonchev–Trinajstić information content (AvgIpc) is 2.29. The Kier molecular flexibility index (Phi) is 3.73. The molecule has 0 spiro atoms. The van der Waals surface area contributed by atoms with Crippen molar-refractivity contribution in [3.8, 4) is 0 Å². The van der Waals surface area contributed by atoms with Crippen LogP contribution < -0.4 is 5.32 Å². The Balaban J connectivity index is 1.84. The predicted molar refractivity (Wildman–Crippen MR) is 62.7 cm³/mol.